The predicted molar refractivity (Wildman–Crippen MR) is 128 cm³/mol. The number of ether oxygens (including phenoxy) is 1. The Labute approximate surface area is 204 Å². The lowest BCUT2D eigenvalue weighted by molar-refractivity contribution is -0.387. The average molecular weight is 499 g/mol. The van der Waals surface area contributed by atoms with Gasteiger partial charge in [-0.15, -0.1) is 11.8 Å². The maximum absolute atomic E-state index is 13.0. The van der Waals surface area contributed by atoms with Gasteiger partial charge in [0, 0.05) is 28.8 Å². The quantitative estimate of drug-likeness (QED) is 0.150. The largest absolute Gasteiger partial charge is 0.452 e. The Morgan fingerprint density at radius 3 is 2.38 bits per heavy atom. The van der Waals surface area contributed by atoms with Crippen LogP contribution in [0, 0.1) is 10.1 Å². The number of halogens is 1. The summed E-state index contributed by atoms with van der Waals surface area (Å²) in [5.74, 6) is -1.99. The van der Waals surface area contributed by atoms with Crippen molar-refractivity contribution in [3.05, 3.63) is 104 Å². The van der Waals surface area contributed by atoms with Gasteiger partial charge in [-0.3, -0.25) is 19.7 Å². The van der Waals surface area contributed by atoms with Crippen molar-refractivity contribution in [3.8, 4) is 0 Å². The van der Waals surface area contributed by atoms with Crippen LogP contribution in [0.25, 0.3) is 0 Å². The number of ketones is 1. The standard InChI is InChI=1S/C24H19ClN2O6S/c1-34-21-11-10-15(12-20(21)27(31)32)23(29)17-7-3-4-8-18(17)24(30)33-14-22(28)26-13-16-6-2-5-9-19(16)25/h2-12H,13-14H2,1H3,(H,26,28). The monoisotopic (exact) mass is 498 g/mol. The molecule has 0 unspecified atom stereocenters. The zero-order valence-corrected chi connectivity index (χ0v) is 19.5. The Balaban J connectivity index is 1.71. The van der Waals surface area contributed by atoms with Crippen LogP contribution < -0.4 is 5.32 Å². The minimum absolute atomic E-state index is 0.00942. The molecule has 0 spiro atoms. The summed E-state index contributed by atoms with van der Waals surface area (Å²) in [6, 6.07) is 17.0. The van der Waals surface area contributed by atoms with Gasteiger partial charge in [-0.1, -0.05) is 48.0 Å². The third kappa shape index (κ3) is 6.00. The maximum Gasteiger partial charge on any atom is 0.339 e. The number of carbonyl (C=O) groups excluding carboxylic acids is 3. The molecule has 8 nitrogen and oxygen atoms in total. The molecule has 0 bridgehead atoms. The highest BCUT2D eigenvalue weighted by Crippen LogP contribution is 2.29. The van der Waals surface area contributed by atoms with Crippen molar-refractivity contribution in [2.45, 2.75) is 11.4 Å². The second-order valence-electron chi connectivity index (χ2n) is 6.96. The number of benzene rings is 3. The van der Waals surface area contributed by atoms with Gasteiger partial charge in [-0.25, -0.2) is 4.79 Å². The second-order valence-corrected chi connectivity index (χ2v) is 8.22. The van der Waals surface area contributed by atoms with E-state index in [9.17, 15) is 24.5 Å². The van der Waals surface area contributed by atoms with Gasteiger partial charge in [-0.05, 0) is 36.1 Å². The van der Waals surface area contributed by atoms with Crippen LogP contribution in [-0.4, -0.2) is 35.4 Å². The molecule has 3 aromatic rings. The number of rotatable bonds is 9. The zero-order chi connectivity index (χ0) is 24.7. The van der Waals surface area contributed by atoms with Crippen LogP contribution in [0.3, 0.4) is 0 Å². The van der Waals surface area contributed by atoms with Gasteiger partial charge >= 0.3 is 5.97 Å². The molecule has 0 atom stereocenters. The molecule has 0 saturated carbocycles. The second kappa shape index (κ2) is 11.4. The van der Waals surface area contributed by atoms with Gasteiger partial charge < -0.3 is 10.1 Å². The maximum atomic E-state index is 13.0. The summed E-state index contributed by atoms with van der Waals surface area (Å²) in [5, 5.41) is 14.4. The first-order chi connectivity index (χ1) is 16.3. The smallest absolute Gasteiger partial charge is 0.339 e. The van der Waals surface area contributed by atoms with Crippen LogP contribution in [0.4, 0.5) is 5.69 Å². The topological polar surface area (TPSA) is 116 Å². The van der Waals surface area contributed by atoms with Crippen molar-refractivity contribution in [2.24, 2.45) is 0 Å². The van der Waals surface area contributed by atoms with Gasteiger partial charge in [-0.2, -0.15) is 0 Å². The zero-order valence-electron chi connectivity index (χ0n) is 17.9. The van der Waals surface area contributed by atoms with Crippen molar-refractivity contribution in [3.63, 3.8) is 0 Å². The van der Waals surface area contributed by atoms with Crippen LogP contribution >= 0.6 is 23.4 Å². The number of nitro groups is 1. The van der Waals surface area contributed by atoms with Gasteiger partial charge in [0.1, 0.15) is 0 Å². The van der Waals surface area contributed by atoms with E-state index < -0.39 is 29.2 Å². The van der Waals surface area contributed by atoms with Crippen LogP contribution in [0.5, 0.6) is 0 Å². The molecule has 3 aromatic carbocycles. The van der Waals surface area contributed by atoms with E-state index in [0.717, 1.165) is 0 Å². The van der Waals surface area contributed by atoms with Crippen molar-refractivity contribution in [1.29, 1.82) is 0 Å². The lowest BCUT2D eigenvalue weighted by Gasteiger charge is -2.10. The first kappa shape index (κ1) is 24.9. The van der Waals surface area contributed by atoms with Gasteiger partial charge in [0.05, 0.1) is 15.4 Å². The van der Waals surface area contributed by atoms with Crippen LogP contribution in [0.2, 0.25) is 5.02 Å². The highest BCUT2D eigenvalue weighted by molar-refractivity contribution is 7.98. The molecule has 0 aliphatic rings. The normalized spacial score (nSPS) is 10.4. The molecule has 0 aliphatic carbocycles. The summed E-state index contributed by atoms with van der Waals surface area (Å²) in [6.45, 7) is -0.393. The van der Waals surface area contributed by atoms with E-state index in [1.54, 1.807) is 42.7 Å². The highest BCUT2D eigenvalue weighted by atomic mass is 35.5. The number of amides is 1. The molecule has 0 radical (unpaired) electrons. The molecule has 174 valence electrons. The molecule has 3 rings (SSSR count). The van der Waals surface area contributed by atoms with Crippen molar-refractivity contribution >= 4 is 46.7 Å². The van der Waals surface area contributed by atoms with Gasteiger partial charge in [0.15, 0.2) is 12.4 Å². The number of nitro benzene ring substituents is 1. The minimum atomic E-state index is -0.868. The van der Waals surface area contributed by atoms with Gasteiger partial charge in [0.2, 0.25) is 0 Å². The Morgan fingerprint density at radius 2 is 1.71 bits per heavy atom. The number of nitrogens with zero attached hydrogens (tertiary/aromatic N) is 1. The fourth-order valence-electron chi connectivity index (χ4n) is 3.08. The molecule has 1 amide bonds. The SMILES string of the molecule is CSc1ccc(C(=O)c2ccccc2C(=O)OCC(=O)NCc2ccccc2Cl)cc1[N+](=O)[O-]. The molecule has 0 aliphatic heterocycles. The van der Waals surface area contributed by atoms with E-state index in [4.69, 9.17) is 16.3 Å². The molecule has 10 heteroatoms. The number of esters is 1. The van der Waals surface area contributed by atoms with E-state index in [2.05, 4.69) is 5.32 Å². The Hall–Kier alpha value is -3.69. The summed E-state index contributed by atoms with van der Waals surface area (Å²) >= 11 is 7.24. The van der Waals surface area contributed by atoms with Crippen LogP contribution in [0.15, 0.2) is 71.6 Å². The van der Waals surface area contributed by atoms with E-state index in [0.29, 0.717) is 15.5 Å². The number of hydrogen-bond donors (Lipinski definition) is 1. The lowest BCUT2D eigenvalue weighted by atomic mass is 9.98. The summed E-state index contributed by atoms with van der Waals surface area (Å²) in [7, 11) is 0. The third-order valence-electron chi connectivity index (χ3n) is 4.80. The number of hydrogen-bond acceptors (Lipinski definition) is 7. The summed E-state index contributed by atoms with van der Waals surface area (Å²) in [4.78, 5) is 49.0. The Bertz CT molecular complexity index is 1260. The highest BCUT2D eigenvalue weighted by Gasteiger charge is 2.23. The van der Waals surface area contributed by atoms with Gasteiger partial charge in [0.25, 0.3) is 11.6 Å². The molecule has 0 heterocycles. The fraction of sp³-hybridized carbons (Fsp3) is 0.125. The number of carbonyl (C=O) groups is 3. The summed E-state index contributed by atoms with van der Waals surface area (Å²) < 4.78 is 5.09. The fourth-order valence-corrected chi connectivity index (χ4v) is 3.83. The van der Waals surface area contributed by atoms with E-state index in [1.807, 2.05) is 0 Å². The van der Waals surface area contributed by atoms with Crippen molar-refractivity contribution in [1.82, 2.24) is 5.32 Å². The summed E-state index contributed by atoms with van der Waals surface area (Å²) in [6.07, 6.45) is 1.69. The van der Waals surface area contributed by atoms with Crippen molar-refractivity contribution < 1.29 is 24.0 Å². The molecule has 0 saturated heterocycles. The minimum Gasteiger partial charge on any atom is -0.452 e. The predicted octanol–water partition coefficient (Wildman–Crippen LogP) is 4.67. The number of nitrogens with one attached hydrogen (secondary N) is 1. The first-order valence-electron chi connectivity index (χ1n) is 9.95. The van der Waals surface area contributed by atoms with E-state index in [-0.39, 0.29) is 28.9 Å². The molecule has 34 heavy (non-hydrogen) atoms. The molecular weight excluding hydrogens is 480 g/mol. The lowest BCUT2D eigenvalue weighted by Crippen LogP contribution is -2.28. The van der Waals surface area contributed by atoms with Crippen LogP contribution in [0.1, 0.15) is 31.8 Å². The average Bonchev–Trinajstić information content (AvgIpc) is 2.85. The number of thioether (sulfide) groups is 1. The molecule has 0 fully saturated rings. The van der Waals surface area contributed by atoms with Crippen molar-refractivity contribution in [2.75, 3.05) is 12.9 Å². The molecule has 1 N–H and O–H groups in total. The third-order valence-corrected chi connectivity index (χ3v) is 5.95. The van der Waals surface area contributed by atoms with E-state index >= 15 is 0 Å². The van der Waals surface area contributed by atoms with Crippen LogP contribution in [-0.2, 0) is 16.1 Å². The summed E-state index contributed by atoms with van der Waals surface area (Å²) in [5.41, 5.74) is 0.523. The Morgan fingerprint density at radius 1 is 1.03 bits per heavy atom. The Kier molecular flexibility index (Phi) is 8.39. The molecular formula is C24H19ClN2O6S. The molecule has 0 aromatic heterocycles. The van der Waals surface area contributed by atoms with E-state index in [1.165, 1.54) is 42.1 Å². The first-order valence-corrected chi connectivity index (χ1v) is 11.6.